The van der Waals surface area contributed by atoms with Gasteiger partial charge in [-0.1, -0.05) is 82.0 Å². The van der Waals surface area contributed by atoms with Gasteiger partial charge in [0, 0.05) is 24.2 Å². The second-order valence-electron chi connectivity index (χ2n) is 8.18. The Bertz CT molecular complexity index is 826. The van der Waals surface area contributed by atoms with Crippen molar-refractivity contribution in [1.82, 2.24) is 20.9 Å². The van der Waals surface area contributed by atoms with Crippen molar-refractivity contribution in [2.45, 2.75) is 77.3 Å². The Balaban J connectivity index is 1.50. The molecule has 0 aliphatic carbocycles. The summed E-state index contributed by atoms with van der Waals surface area (Å²) < 4.78 is 41.9. The number of rotatable bonds is 17. The summed E-state index contributed by atoms with van der Waals surface area (Å²) in [4.78, 5) is 20.9. The normalized spacial score (nSPS) is 11.6. The van der Waals surface area contributed by atoms with E-state index in [9.17, 15) is 18.0 Å². The maximum atomic E-state index is 12.6. The molecule has 0 aliphatic rings. The number of benzene rings is 1. The van der Waals surface area contributed by atoms with Gasteiger partial charge in [0.15, 0.2) is 0 Å². The van der Waals surface area contributed by atoms with Crippen LogP contribution in [0.5, 0.6) is 0 Å². The number of nitrogens with one attached hydrogen (secondary N) is 2. The van der Waals surface area contributed by atoms with Crippen LogP contribution in [0.15, 0.2) is 28.8 Å². The topological polar surface area (TPSA) is 89.3 Å². The second-order valence-corrected chi connectivity index (χ2v) is 8.18. The first-order valence-corrected chi connectivity index (χ1v) is 12.1. The van der Waals surface area contributed by atoms with E-state index < -0.39 is 12.1 Å². The summed E-state index contributed by atoms with van der Waals surface area (Å²) in [7, 11) is 0. The third-order valence-electron chi connectivity index (χ3n) is 5.29. The van der Waals surface area contributed by atoms with E-state index in [0.717, 1.165) is 12.8 Å². The fraction of sp³-hybridized carbons (Fsp3) is 0.625. The van der Waals surface area contributed by atoms with E-state index in [1.165, 1.54) is 75.6 Å². The SMILES string of the molecule is CCCCCCCCCCCCONCCNC(=O)c1ccc(-c2noc(C(F)(F)F)n2)cc1. The van der Waals surface area contributed by atoms with Crippen molar-refractivity contribution in [2.75, 3.05) is 19.7 Å². The van der Waals surface area contributed by atoms with Crippen molar-refractivity contribution in [2.24, 2.45) is 0 Å². The average molecular weight is 485 g/mol. The first-order valence-electron chi connectivity index (χ1n) is 12.1. The van der Waals surface area contributed by atoms with Crippen LogP contribution in [0, 0.1) is 0 Å². The van der Waals surface area contributed by atoms with Gasteiger partial charge in [-0.15, -0.1) is 0 Å². The van der Waals surface area contributed by atoms with Gasteiger partial charge in [0.25, 0.3) is 5.91 Å². The Morgan fingerprint density at radius 3 is 2.15 bits per heavy atom. The molecule has 1 heterocycles. The highest BCUT2D eigenvalue weighted by Gasteiger charge is 2.38. The van der Waals surface area contributed by atoms with Gasteiger partial charge in [0.2, 0.25) is 5.82 Å². The quantitative estimate of drug-likeness (QED) is 0.214. The number of aromatic nitrogens is 2. The van der Waals surface area contributed by atoms with E-state index in [1.54, 1.807) is 0 Å². The van der Waals surface area contributed by atoms with Crippen LogP contribution < -0.4 is 10.8 Å². The molecule has 0 unspecified atom stereocenters. The molecule has 0 spiro atoms. The minimum atomic E-state index is -4.70. The average Bonchev–Trinajstić information content (AvgIpc) is 3.33. The van der Waals surface area contributed by atoms with Crippen molar-refractivity contribution < 1.29 is 27.3 Å². The highest BCUT2D eigenvalue weighted by atomic mass is 19.4. The maximum Gasteiger partial charge on any atom is 0.471 e. The molecular formula is C24H35F3N4O3. The maximum absolute atomic E-state index is 12.6. The number of hydrogen-bond acceptors (Lipinski definition) is 6. The van der Waals surface area contributed by atoms with Crippen LogP contribution in [-0.4, -0.2) is 35.7 Å². The number of halogens is 3. The Morgan fingerprint density at radius 1 is 0.941 bits per heavy atom. The molecule has 0 saturated heterocycles. The Labute approximate surface area is 198 Å². The Morgan fingerprint density at radius 2 is 1.56 bits per heavy atom. The van der Waals surface area contributed by atoms with Gasteiger partial charge in [-0.25, -0.2) is 5.48 Å². The lowest BCUT2D eigenvalue weighted by molar-refractivity contribution is -0.159. The molecule has 10 heteroatoms. The first-order chi connectivity index (χ1) is 16.4. The molecule has 34 heavy (non-hydrogen) atoms. The summed E-state index contributed by atoms with van der Waals surface area (Å²) in [6.07, 6.45) is 8.01. The second kappa shape index (κ2) is 15.4. The minimum absolute atomic E-state index is 0.192. The lowest BCUT2D eigenvalue weighted by Gasteiger charge is -2.08. The van der Waals surface area contributed by atoms with E-state index in [-0.39, 0.29) is 11.7 Å². The molecule has 190 valence electrons. The van der Waals surface area contributed by atoms with Gasteiger partial charge >= 0.3 is 12.1 Å². The van der Waals surface area contributed by atoms with E-state index in [2.05, 4.69) is 32.4 Å². The van der Waals surface area contributed by atoms with Crippen LogP contribution in [0.25, 0.3) is 11.4 Å². The molecular weight excluding hydrogens is 449 g/mol. The summed E-state index contributed by atoms with van der Waals surface area (Å²) in [6.45, 7) is 3.71. The molecule has 0 atom stereocenters. The van der Waals surface area contributed by atoms with Crippen molar-refractivity contribution in [3.63, 3.8) is 0 Å². The summed E-state index contributed by atoms with van der Waals surface area (Å²) in [5.41, 5.74) is 3.52. The zero-order valence-corrected chi connectivity index (χ0v) is 19.8. The lowest BCUT2D eigenvalue weighted by Crippen LogP contribution is -2.32. The van der Waals surface area contributed by atoms with Gasteiger partial charge < -0.3 is 14.7 Å². The third-order valence-corrected chi connectivity index (χ3v) is 5.29. The molecule has 2 rings (SSSR count). The third kappa shape index (κ3) is 10.6. The van der Waals surface area contributed by atoms with Crippen molar-refractivity contribution >= 4 is 5.91 Å². The van der Waals surface area contributed by atoms with Gasteiger partial charge in [0.05, 0.1) is 6.61 Å². The highest BCUT2D eigenvalue weighted by Crippen LogP contribution is 2.29. The number of alkyl halides is 3. The summed E-state index contributed by atoms with van der Waals surface area (Å²) >= 11 is 0. The van der Waals surface area contributed by atoms with Gasteiger partial charge in [-0.05, 0) is 18.6 Å². The van der Waals surface area contributed by atoms with Crippen molar-refractivity contribution in [1.29, 1.82) is 0 Å². The van der Waals surface area contributed by atoms with E-state index in [4.69, 9.17) is 4.84 Å². The van der Waals surface area contributed by atoms with Crippen LogP contribution in [-0.2, 0) is 11.0 Å². The molecule has 2 aromatic rings. The zero-order valence-electron chi connectivity index (χ0n) is 19.8. The number of amides is 1. The van der Waals surface area contributed by atoms with Gasteiger partial charge in [-0.2, -0.15) is 18.2 Å². The van der Waals surface area contributed by atoms with Crippen LogP contribution >= 0.6 is 0 Å². The van der Waals surface area contributed by atoms with Crippen LogP contribution in [0.4, 0.5) is 13.2 Å². The predicted molar refractivity (Wildman–Crippen MR) is 123 cm³/mol. The molecule has 0 fully saturated rings. The Kier molecular flexibility index (Phi) is 12.6. The number of carbonyl (C=O) groups excluding carboxylic acids is 1. The van der Waals surface area contributed by atoms with Crippen molar-refractivity contribution in [3.05, 3.63) is 35.7 Å². The van der Waals surface area contributed by atoms with Gasteiger partial charge in [-0.3, -0.25) is 4.79 Å². The molecule has 1 amide bonds. The smallest absolute Gasteiger partial charge is 0.351 e. The predicted octanol–water partition coefficient (Wildman–Crippen LogP) is 5.93. The minimum Gasteiger partial charge on any atom is -0.351 e. The monoisotopic (exact) mass is 484 g/mol. The highest BCUT2D eigenvalue weighted by molar-refractivity contribution is 5.94. The number of hydrogen-bond donors (Lipinski definition) is 2. The number of nitrogens with zero attached hydrogens (tertiary/aromatic N) is 2. The standard InChI is InChI=1S/C24H35F3N4O3/c1-2-3-4-5-6-7-8-9-10-11-18-33-29-17-16-28-22(32)20-14-12-19(13-15-20)21-30-23(34-31-21)24(25,26)27/h12-15,29H,2-11,16-18H2,1H3,(H,28,32). The van der Waals surface area contributed by atoms with Crippen LogP contribution in [0.3, 0.4) is 0 Å². The largest absolute Gasteiger partial charge is 0.471 e. The molecule has 1 aromatic carbocycles. The van der Waals surface area contributed by atoms with Crippen LogP contribution in [0.1, 0.15) is 87.4 Å². The Hall–Kier alpha value is -2.46. The lowest BCUT2D eigenvalue weighted by atomic mass is 10.1. The van der Waals surface area contributed by atoms with E-state index in [0.29, 0.717) is 30.8 Å². The van der Waals surface area contributed by atoms with Crippen molar-refractivity contribution in [3.8, 4) is 11.4 Å². The fourth-order valence-corrected chi connectivity index (χ4v) is 3.36. The van der Waals surface area contributed by atoms with Crippen LogP contribution in [0.2, 0.25) is 0 Å². The summed E-state index contributed by atoms with van der Waals surface area (Å²) in [6, 6.07) is 5.91. The number of hydroxylamine groups is 1. The van der Waals surface area contributed by atoms with Gasteiger partial charge in [0.1, 0.15) is 0 Å². The fourth-order valence-electron chi connectivity index (χ4n) is 3.36. The number of unbranched alkanes of at least 4 members (excludes halogenated alkanes) is 9. The summed E-state index contributed by atoms with van der Waals surface area (Å²) in [5, 5.41) is 6.07. The molecule has 0 aliphatic heterocycles. The number of carbonyl (C=O) groups is 1. The summed E-state index contributed by atoms with van der Waals surface area (Å²) in [5.74, 6) is -1.90. The molecule has 0 saturated carbocycles. The van der Waals surface area contributed by atoms with E-state index in [1.807, 2.05) is 0 Å². The molecule has 7 nitrogen and oxygen atoms in total. The first kappa shape index (κ1) is 27.8. The molecule has 0 bridgehead atoms. The molecule has 0 radical (unpaired) electrons. The molecule has 1 aromatic heterocycles. The molecule has 2 N–H and O–H groups in total. The van der Waals surface area contributed by atoms with E-state index >= 15 is 0 Å². The zero-order chi connectivity index (χ0) is 24.7.